The second kappa shape index (κ2) is 8.54. The predicted octanol–water partition coefficient (Wildman–Crippen LogP) is 4.93. The molecule has 2 rings (SSSR count). The van der Waals surface area contributed by atoms with Crippen LogP contribution in [-0.4, -0.2) is 25.5 Å². The van der Waals surface area contributed by atoms with Crippen molar-refractivity contribution in [2.45, 2.75) is 26.9 Å². The Morgan fingerprint density at radius 2 is 1.83 bits per heavy atom. The molecular formula is C21H27NO. The number of hydrogen-bond acceptors (Lipinski definition) is 2. The van der Waals surface area contributed by atoms with E-state index in [1.807, 2.05) is 18.2 Å². The van der Waals surface area contributed by atoms with Crippen molar-refractivity contribution in [3.8, 4) is 5.75 Å². The molecular weight excluding hydrogens is 282 g/mol. The molecule has 0 atom stereocenters. The van der Waals surface area contributed by atoms with Gasteiger partial charge in [0.05, 0.1) is 0 Å². The lowest BCUT2D eigenvalue weighted by atomic mass is 10.0. The van der Waals surface area contributed by atoms with Crippen molar-refractivity contribution >= 4 is 5.57 Å². The third-order valence-corrected chi connectivity index (χ3v) is 3.83. The molecule has 0 spiro atoms. The molecule has 0 heterocycles. The van der Waals surface area contributed by atoms with Crippen LogP contribution in [0, 0.1) is 6.92 Å². The number of aryl methyl sites for hydroxylation is 1. The average molecular weight is 309 g/mol. The first-order chi connectivity index (χ1) is 11.1. The summed E-state index contributed by atoms with van der Waals surface area (Å²) in [4.78, 5) is 2.20. The van der Waals surface area contributed by atoms with Crippen molar-refractivity contribution in [3.05, 3.63) is 71.3 Å². The Morgan fingerprint density at radius 3 is 2.52 bits per heavy atom. The maximum absolute atomic E-state index is 6.10. The fourth-order valence-electron chi connectivity index (χ4n) is 2.46. The van der Waals surface area contributed by atoms with E-state index in [0.717, 1.165) is 18.7 Å². The lowest BCUT2D eigenvalue weighted by molar-refractivity contribution is 0.305. The molecule has 0 unspecified atom stereocenters. The molecule has 0 amide bonds. The van der Waals surface area contributed by atoms with Crippen molar-refractivity contribution in [2.75, 3.05) is 20.6 Å². The highest BCUT2D eigenvalue weighted by molar-refractivity contribution is 5.69. The summed E-state index contributed by atoms with van der Waals surface area (Å²) in [5.74, 6) is 0.965. The monoisotopic (exact) mass is 309 g/mol. The lowest BCUT2D eigenvalue weighted by Crippen LogP contribution is -2.11. The van der Waals surface area contributed by atoms with Crippen LogP contribution >= 0.6 is 0 Å². The van der Waals surface area contributed by atoms with E-state index >= 15 is 0 Å². The molecule has 0 fully saturated rings. The Hall–Kier alpha value is -2.06. The quantitative estimate of drug-likeness (QED) is 0.719. The largest absolute Gasteiger partial charge is 0.488 e. The molecule has 0 bridgehead atoms. The summed E-state index contributed by atoms with van der Waals surface area (Å²) in [6.07, 6.45) is 3.34. The highest BCUT2D eigenvalue weighted by Crippen LogP contribution is 2.28. The standard InChI is InChI=1S/C21H27NO/c1-17-12-13-20(18(2)9-8-14-22(3)4)21(15-17)23-16-19-10-6-5-7-11-19/h5-7,9-13,15H,8,14,16H2,1-4H3/b18-9-. The Labute approximate surface area is 140 Å². The number of ether oxygens (including phenoxy) is 1. The third-order valence-electron chi connectivity index (χ3n) is 3.83. The van der Waals surface area contributed by atoms with E-state index in [4.69, 9.17) is 4.74 Å². The van der Waals surface area contributed by atoms with Gasteiger partial charge >= 0.3 is 0 Å². The van der Waals surface area contributed by atoms with Crippen LogP contribution in [0.1, 0.15) is 30.0 Å². The molecule has 0 N–H and O–H groups in total. The number of hydrogen-bond donors (Lipinski definition) is 0. The van der Waals surface area contributed by atoms with Gasteiger partial charge in [0, 0.05) is 12.1 Å². The summed E-state index contributed by atoms with van der Waals surface area (Å²) in [7, 11) is 4.20. The highest BCUT2D eigenvalue weighted by atomic mass is 16.5. The smallest absolute Gasteiger partial charge is 0.127 e. The predicted molar refractivity (Wildman–Crippen MR) is 98.8 cm³/mol. The van der Waals surface area contributed by atoms with Gasteiger partial charge in [-0.25, -0.2) is 0 Å². The summed E-state index contributed by atoms with van der Waals surface area (Å²) in [6, 6.07) is 16.7. The highest BCUT2D eigenvalue weighted by Gasteiger charge is 2.07. The molecule has 0 aliphatic carbocycles. The molecule has 0 radical (unpaired) electrons. The van der Waals surface area contributed by atoms with Crippen LogP contribution in [0.3, 0.4) is 0 Å². The van der Waals surface area contributed by atoms with Crippen LogP contribution in [0.15, 0.2) is 54.6 Å². The van der Waals surface area contributed by atoms with Crippen molar-refractivity contribution in [1.82, 2.24) is 4.90 Å². The van der Waals surface area contributed by atoms with Crippen molar-refractivity contribution in [2.24, 2.45) is 0 Å². The van der Waals surface area contributed by atoms with Gasteiger partial charge in [0.15, 0.2) is 0 Å². The first kappa shape index (κ1) is 17.3. The van der Waals surface area contributed by atoms with Gasteiger partial charge in [-0.1, -0.05) is 48.5 Å². The van der Waals surface area contributed by atoms with Crippen LogP contribution in [0.25, 0.3) is 5.57 Å². The Kier molecular flexibility index (Phi) is 6.42. The van der Waals surface area contributed by atoms with E-state index in [1.54, 1.807) is 0 Å². The fraction of sp³-hybridized carbons (Fsp3) is 0.333. The van der Waals surface area contributed by atoms with E-state index in [2.05, 4.69) is 69.3 Å². The number of allylic oxidation sites excluding steroid dienone is 1. The Bertz CT molecular complexity index is 644. The van der Waals surface area contributed by atoms with Gasteiger partial charge in [0.25, 0.3) is 0 Å². The average Bonchev–Trinajstić information content (AvgIpc) is 2.53. The van der Waals surface area contributed by atoms with Gasteiger partial charge in [-0.15, -0.1) is 0 Å². The van der Waals surface area contributed by atoms with Crippen LogP contribution in [0.2, 0.25) is 0 Å². The van der Waals surface area contributed by atoms with Crippen LogP contribution < -0.4 is 4.74 Å². The van der Waals surface area contributed by atoms with E-state index in [0.29, 0.717) is 6.61 Å². The summed E-state index contributed by atoms with van der Waals surface area (Å²) in [5.41, 5.74) is 4.87. The lowest BCUT2D eigenvalue weighted by Gasteiger charge is -2.14. The first-order valence-corrected chi connectivity index (χ1v) is 8.15. The molecule has 2 aromatic carbocycles. The van der Waals surface area contributed by atoms with E-state index in [-0.39, 0.29) is 0 Å². The summed E-state index contributed by atoms with van der Waals surface area (Å²) >= 11 is 0. The number of rotatable bonds is 7. The van der Waals surface area contributed by atoms with Crippen molar-refractivity contribution in [1.29, 1.82) is 0 Å². The van der Waals surface area contributed by atoms with Gasteiger partial charge in [0.1, 0.15) is 12.4 Å². The topological polar surface area (TPSA) is 12.5 Å². The minimum Gasteiger partial charge on any atom is -0.488 e. The van der Waals surface area contributed by atoms with Crippen LogP contribution in [-0.2, 0) is 6.61 Å². The number of nitrogens with zero attached hydrogens (tertiary/aromatic N) is 1. The van der Waals surface area contributed by atoms with E-state index < -0.39 is 0 Å². The van der Waals surface area contributed by atoms with Crippen LogP contribution in [0.5, 0.6) is 5.75 Å². The maximum Gasteiger partial charge on any atom is 0.127 e. The fourth-order valence-corrected chi connectivity index (χ4v) is 2.46. The SMILES string of the molecule is C/C(=C/CCN(C)C)c1ccc(C)cc1OCc1ccccc1. The molecule has 0 aliphatic rings. The van der Waals surface area contributed by atoms with Gasteiger partial charge in [-0.05, 0) is 57.1 Å². The molecule has 2 aromatic rings. The zero-order chi connectivity index (χ0) is 16.7. The van der Waals surface area contributed by atoms with E-state index in [9.17, 15) is 0 Å². The molecule has 0 saturated heterocycles. The molecule has 0 aromatic heterocycles. The maximum atomic E-state index is 6.10. The third kappa shape index (κ3) is 5.57. The summed E-state index contributed by atoms with van der Waals surface area (Å²) in [5, 5.41) is 0. The summed E-state index contributed by atoms with van der Waals surface area (Å²) in [6.45, 7) is 5.92. The Morgan fingerprint density at radius 1 is 1.09 bits per heavy atom. The molecule has 2 heteroatoms. The molecule has 122 valence electrons. The van der Waals surface area contributed by atoms with E-state index in [1.165, 1.54) is 22.3 Å². The normalized spacial score (nSPS) is 11.8. The molecule has 0 saturated carbocycles. The minimum absolute atomic E-state index is 0.599. The second-order valence-electron chi connectivity index (χ2n) is 6.25. The van der Waals surface area contributed by atoms with Gasteiger partial charge in [-0.2, -0.15) is 0 Å². The molecule has 0 aliphatic heterocycles. The van der Waals surface area contributed by atoms with Gasteiger partial charge in [-0.3, -0.25) is 0 Å². The van der Waals surface area contributed by atoms with Crippen LogP contribution in [0.4, 0.5) is 0 Å². The van der Waals surface area contributed by atoms with Gasteiger partial charge in [0.2, 0.25) is 0 Å². The summed E-state index contributed by atoms with van der Waals surface area (Å²) < 4.78 is 6.10. The minimum atomic E-state index is 0.599. The molecule has 2 nitrogen and oxygen atoms in total. The van der Waals surface area contributed by atoms with Crippen molar-refractivity contribution in [3.63, 3.8) is 0 Å². The van der Waals surface area contributed by atoms with Gasteiger partial charge < -0.3 is 9.64 Å². The second-order valence-corrected chi connectivity index (χ2v) is 6.25. The number of benzene rings is 2. The first-order valence-electron chi connectivity index (χ1n) is 8.15. The zero-order valence-corrected chi connectivity index (χ0v) is 14.7. The van der Waals surface area contributed by atoms with Crippen molar-refractivity contribution < 1.29 is 4.74 Å². The molecule has 23 heavy (non-hydrogen) atoms. The zero-order valence-electron chi connectivity index (χ0n) is 14.7. The Balaban J connectivity index is 2.13.